The van der Waals surface area contributed by atoms with Crippen LogP contribution in [0.2, 0.25) is 0 Å². The number of nitrogens with zero attached hydrogens (tertiary/aromatic N) is 2. The largest absolute Gasteiger partial charge is 0.496 e. The van der Waals surface area contributed by atoms with Gasteiger partial charge in [0.25, 0.3) is 0 Å². The number of rotatable bonds is 6. The van der Waals surface area contributed by atoms with E-state index in [-0.39, 0.29) is 11.8 Å². The number of ether oxygens (including phenoxy) is 3. The van der Waals surface area contributed by atoms with Gasteiger partial charge in [0.2, 0.25) is 5.91 Å². The van der Waals surface area contributed by atoms with Gasteiger partial charge in [-0.2, -0.15) is 0 Å². The zero-order chi connectivity index (χ0) is 22.7. The van der Waals surface area contributed by atoms with Crippen LogP contribution in [0.25, 0.3) is 10.8 Å². The number of hydrogen-bond donors (Lipinski definition) is 0. The van der Waals surface area contributed by atoms with E-state index in [4.69, 9.17) is 19.2 Å². The number of piperidine rings is 1. The van der Waals surface area contributed by atoms with Gasteiger partial charge in [-0.3, -0.25) is 9.78 Å². The molecule has 0 aliphatic carbocycles. The molecule has 6 nitrogen and oxygen atoms in total. The number of benzene rings is 2. The zero-order valence-electron chi connectivity index (χ0n) is 19.2. The van der Waals surface area contributed by atoms with Crippen molar-refractivity contribution < 1.29 is 19.0 Å². The van der Waals surface area contributed by atoms with E-state index in [2.05, 4.69) is 13.0 Å². The maximum Gasteiger partial charge on any atom is 0.227 e. The molecular formula is C26H30N2O4. The first-order valence-corrected chi connectivity index (χ1v) is 11.0. The van der Waals surface area contributed by atoms with Gasteiger partial charge in [-0.1, -0.05) is 6.07 Å². The highest BCUT2D eigenvalue weighted by molar-refractivity contribution is 5.87. The Morgan fingerprint density at radius 3 is 2.53 bits per heavy atom. The summed E-state index contributed by atoms with van der Waals surface area (Å²) in [5.74, 6) is 2.54. The molecular weight excluding hydrogens is 404 g/mol. The molecule has 1 aliphatic heterocycles. The summed E-state index contributed by atoms with van der Waals surface area (Å²) in [5.41, 5.74) is 3.07. The molecule has 0 N–H and O–H groups in total. The first kappa shape index (κ1) is 21.9. The lowest BCUT2D eigenvalue weighted by Gasteiger charge is -2.33. The smallest absolute Gasteiger partial charge is 0.227 e. The topological polar surface area (TPSA) is 60.9 Å². The van der Waals surface area contributed by atoms with Crippen molar-refractivity contribution in [1.29, 1.82) is 0 Å². The average molecular weight is 435 g/mol. The van der Waals surface area contributed by atoms with Gasteiger partial charge in [0, 0.05) is 36.3 Å². The van der Waals surface area contributed by atoms with Crippen LogP contribution in [-0.2, 0) is 11.2 Å². The molecule has 1 aliphatic rings. The van der Waals surface area contributed by atoms with Crippen LogP contribution >= 0.6 is 0 Å². The van der Waals surface area contributed by atoms with Crippen molar-refractivity contribution in [3.8, 4) is 17.2 Å². The number of likely N-dealkylation sites (tertiary alicyclic amines) is 1. The van der Waals surface area contributed by atoms with Gasteiger partial charge >= 0.3 is 0 Å². The fraction of sp³-hybridized carbons (Fsp3) is 0.385. The normalized spacial score (nSPS) is 16.1. The second kappa shape index (κ2) is 9.47. The summed E-state index contributed by atoms with van der Waals surface area (Å²) < 4.78 is 16.2. The molecule has 168 valence electrons. The second-order valence-corrected chi connectivity index (χ2v) is 8.27. The predicted molar refractivity (Wildman–Crippen MR) is 125 cm³/mol. The minimum atomic E-state index is 0.126. The summed E-state index contributed by atoms with van der Waals surface area (Å²) in [6, 6.07) is 11.8. The SMILES string of the molecule is COc1ccc(CC(=O)N2CCCC(c3cc4c(C)c(OC)ccc4cn3)C2)cc1OC. The fourth-order valence-corrected chi connectivity index (χ4v) is 4.53. The Labute approximate surface area is 189 Å². The molecule has 4 rings (SSSR count). The Morgan fingerprint density at radius 1 is 1.03 bits per heavy atom. The van der Waals surface area contributed by atoms with Crippen LogP contribution < -0.4 is 14.2 Å². The third kappa shape index (κ3) is 4.35. The van der Waals surface area contributed by atoms with Crippen molar-refractivity contribution in [3.05, 3.63) is 59.4 Å². The lowest BCUT2D eigenvalue weighted by atomic mass is 9.92. The Balaban J connectivity index is 1.51. The highest BCUT2D eigenvalue weighted by Crippen LogP contribution is 2.32. The first-order chi connectivity index (χ1) is 15.5. The maximum absolute atomic E-state index is 13.1. The zero-order valence-corrected chi connectivity index (χ0v) is 19.2. The van der Waals surface area contributed by atoms with Gasteiger partial charge in [-0.15, -0.1) is 0 Å². The van der Waals surface area contributed by atoms with Crippen LogP contribution in [0.5, 0.6) is 17.2 Å². The van der Waals surface area contributed by atoms with Gasteiger partial charge in [0.05, 0.1) is 27.8 Å². The van der Waals surface area contributed by atoms with E-state index in [1.165, 1.54) is 0 Å². The van der Waals surface area contributed by atoms with E-state index in [9.17, 15) is 4.79 Å². The minimum absolute atomic E-state index is 0.126. The molecule has 0 bridgehead atoms. The van der Waals surface area contributed by atoms with E-state index < -0.39 is 0 Å². The van der Waals surface area contributed by atoms with Crippen LogP contribution in [0.15, 0.2) is 42.6 Å². The van der Waals surface area contributed by atoms with Crippen LogP contribution in [-0.4, -0.2) is 50.2 Å². The number of carbonyl (C=O) groups is 1. The molecule has 1 atom stereocenters. The molecule has 32 heavy (non-hydrogen) atoms. The molecule has 6 heteroatoms. The van der Waals surface area contributed by atoms with Crippen molar-refractivity contribution in [2.45, 2.75) is 32.1 Å². The van der Waals surface area contributed by atoms with Crippen LogP contribution in [0.4, 0.5) is 0 Å². The Hall–Kier alpha value is -3.28. The summed E-state index contributed by atoms with van der Waals surface area (Å²) in [5, 5.41) is 2.26. The average Bonchev–Trinajstić information content (AvgIpc) is 2.84. The minimum Gasteiger partial charge on any atom is -0.496 e. The lowest BCUT2D eigenvalue weighted by molar-refractivity contribution is -0.131. The molecule has 0 radical (unpaired) electrons. The lowest BCUT2D eigenvalue weighted by Crippen LogP contribution is -2.40. The van der Waals surface area contributed by atoms with Gasteiger partial charge in [-0.25, -0.2) is 0 Å². The van der Waals surface area contributed by atoms with E-state index in [0.29, 0.717) is 24.5 Å². The summed E-state index contributed by atoms with van der Waals surface area (Å²) in [4.78, 5) is 19.8. The van der Waals surface area contributed by atoms with Crippen molar-refractivity contribution in [1.82, 2.24) is 9.88 Å². The van der Waals surface area contributed by atoms with Crippen molar-refractivity contribution in [3.63, 3.8) is 0 Å². The molecule has 0 saturated carbocycles. The molecule has 1 unspecified atom stereocenters. The number of pyridine rings is 1. The number of carbonyl (C=O) groups excluding carboxylic acids is 1. The fourth-order valence-electron chi connectivity index (χ4n) is 4.53. The predicted octanol–water partition coefficient (Wildman–Crippen LogP) is 4.52. The van der Waals surface area contributed by atoms with Crippen LogP contribution in [0.1, 0.15) is 35.6 Å². The van der Waals surface area contributed by atoms with Gasteiger partial charge < -0.3 is 19.1 Å². The van der Waals surface area contributed by atoms with E-state index in [1.54, 1.807) is 21.3 Å². The van der Waals surface area contributed by atoms with Gasteiger partial charge in [-0.05, 0) is 66.6 Å². The summed E-state index contributed by atoms with van der Waals surface area (Å²) in [6.07, 6.45) is 4.27. The maximum atomic E-state index is 13.1. The number of aromatic nitrogens is 1. The van der Waals surface area contributed by atoms with Crippen molar-refractivity contribution in [2.75, 3.05) is 34.4 Å². The Morgan fingerprint density at radius 2 is 1.78 bits per heavy atom. The van der Waals surface area contributed by atoms with E-state index in [0.717, 1.165) is 52.7 Å². The van der Waals surface area contributed by atoms with Crippen molar-refractivity contribution in [2.24, 2.45) is 0 Å². The van der Waals surface area contributed by atoms with Crippen LogP contribution in [0, 0.1) is 6.92 Å². The third-order valence-electron chi connectivity index (χ3n) is 6.36. The number of hydrogen-bond acceptors (Lipinski definition) is 5. The molecule has 2 heterocycles. The van der Waals surface area contributed by atoms with Gasteiger partial charge in [0.1, 0.15) is 5.75 Å². The van der Waals surface area contributed by atoms with E-state index in [1.807, 2.05) is 41.4 Å². The number of methoxy groups -OCH3 is 3. The third-order valence-corrected chi connectivity index (χ3v) is 6.36. The molecule has 1 aromatic heterocycles. The quantitative estimate of drug-likeness (QED) is 0.571. The molecule has 1 amide bonds. The number of aryl methyl sites for hydroxylation is 1. The number of amides is 1. The van der Waals surface area contributed by atoms with Gasteiger partial charge in [0.15, 0.2) is 11.5 Å². The summed E-state index contributed by atoms with van der Waals surface area (Å²) in [7, 11) is 4.90. The highest BCUT2D eigenvalue weighted by atomic mass is 16.5. The Kier molecular flexibility index (Phi) is 6.49. The molecule has 0 spiro atoms. The standard InChI is InChI=1S/C26H30N2O4/c1-17-21-14-22(27-15-19(21)8-10-23(17)30-2)20-6-5-11-28(16-20)26(29)13-18-7-9-24(31-3)25(12-18)32-4/h7-10,12,14-15,20H,5-6,11,13,16H2,1-4H3. The monoisotopic (exact) mass is 434 g/mol. The number of fused-ring (bicyclic) bond motifs is 1. The molecule has 1 fully saturated rings. The summed E-state index contributed by atoms with van der Waals surface area (Å²) in [6.45, 7) is 3.54. The molecule has 2 aromatic carbocycles. The second-order valence-electron chi connectivity index (χ2n) is 8.27. The summed E-state index contributed by atoms with van der Waals surface area (Å²) >= 11 is 0. The highest BCUT2D eigenvalue weighted by Gasteiger charge is 2.26. The Bertz CT molecular complexity index is 1130. The van der Waals surface area contributed by atoms with E-state index >= 15 is 0 Å². The van der Waals surface area contributed by atoms with Crippen molar-refractivity contribution >= 4 is 16.7 Å². The molecule has 3 aromatic rings. The molecule has 1 saturated heterocycles. The first-order valence-electron chi connectivity index (χ1n) is 11.0. The van der Waals surface area contributed by atoms with Crippen LogP contribution in [0.3, 0.4) is 0 Å².